The highest BCUT2D eigenvalue weighted by molar-refractivity contribution is 6.33. The predicted octanol–water partition coefficient (Wildman–Crippen LogP) is 7.27. The molecule has 1 aliphatic carbocycles. The van der Waals surface area contributed by atoms with Crippen LogP contribution in [-0.4, -0.2) is 49.3 Å². The smallest absolute Gasteiger partial charge is 0.406 e. The monoisotopic (exact) mass is 556 g/mol. The average molecular weight is 557 g/mol. The first-order chi connectivity index (χ1) is 18.8. The van der Waals surface area contributed by atoms with Crippen LogP contribution in [0.1, 0.15) is 88.7 Å². The molecule has 1 aliphatic heterocycles. The average Bonchev–Trinajstić information content (AvgIpc) is 3.55. The Hall–Kier alpha value is -2.57. The van der Waals surface area contributed by atoms with E-state index in [0.717, 1.165) is 35.9 Å². The fourth-order valence-corrected chi connectivity index (χ4v) is 6.07. The summed E-state index contributed by atoms with van der Waals surface area (Å²) in [5.74, 6) is 0.198. The highest BCUT2D eigenvalue weighted by atomic mass is 35.5. The quantitative estimate of drug-likeness (QED) is 0.251. The van der Waals surface area contributed by atoms with Crippen LogP contribution in [-0.2, 0) is 15.1 Å². The highest BCUT2D eigenvalue weighted by Crippen LogP contribution is 2.45. The Morgan fingerprint density at radius 2 is 1.85 bits per heavy atom. The van der Waals surface area contributed by atoms with E-state index in [4.69, 9.17) is 11.6 Å². The number of aliphatic hydroxyl groups is 1. The van der Waals surface area contributed by atoms with Gasteiger partial charge in [-0.3, -0.25) is 4.79 Å². The topological polar surface area (TPSA) is 78.9 Å². The molecule has 0 spiro atoms. The lowest BCUT2D eigenvalue weighted by Gasteiger charge is -2.43. The standard InChI is InChI=1S/C27H35ClN2O4.C5H10/c1-19(2)20-8-4-9-21(16-20)25-23(11-5-12-24(25)28)27(33,13-7-14-29-26(32)34-3)22-10-6-15-30(17-22)18-31;1-2-4-5-3-1/h4-5,8-9,11-12,16,18-19,22,33H,6-7,10,13-15,17H2,1-3H3,(H,29,32);1-5H2. The molecule has 2 unspecified atom stereocenters. The van der Waals surface area contributed by atoms with E-state index in [1.165, 1.54) is 44.8 Å². The van der Waals surface area contributed by atoms with E-state index in [0.29, 0.717) is 43.4 Å². The molecule has 2 aromatic rings. The van der Waals surface area contributed by atoms with Gasteiger partial charge in [-0.15, -0.1) is 0 Å². The van der Waals surface area contributed by atoms with Crippen molar-refractivity contribution in [1.82, 2.24) is 10.2 Å². The first-order valence-corrected chi connectivity index (χ1v) is 14.8. The summed E-state index contributed by atoms with van der Waals surface area (Å²) in [5.41, 5.74) is 2.50. The van der Waals surface area contributed by atoms with E-state index in [1.807, 2.05) is 30.3 Å². The van der Waals surface area contributed by atoms with Crippen LogP contribution < -0.4 is 5.32 Å². The molecule has 2 atom stereocenters. The number of alkyl carbamates (subject to hydrolysis) is 1. The van der Waals surface area contributed by atoms with Gasteiger partial charge >= 0.3 is 6.09 Å². The molecule has 1 saturated heterocycles. The summed E-state index contributed by atoms with van der Waals surface area (Å²) in [6, 6.07) is 13.9. The summed E-state index contributed by atoms with van der Waals surface area (Å²) < 4.78 is 4.66. The number of likely N-dealkylation sites (tertiary alicyclic amines) is 1. The Morgan fingerprint density at radius 3 is 2.49 bits per heavy atom. The number of hydrogen-bond donors (Lipinski definition) is 2. The molecular weight excluding hydrogens is 512 g/mol. The van der Waals surface area contributed by atoms with Crippen LogP contribution in [0, 0.1) is 5.92 Å². The van der Waals surface area contributed by atoms with Crippen molar-refractivity contribution in [2.24, 2.45) is 5.92 Å². The molecule has 1 heterocycles. The second kappa shape index (κ2) is 15.3. The van der Waals surface area contributed by atoms with Crippen LogP contribution in [0.25, 0.3) is 11.1 Å². The number of nitrogens with zero attached hydrogens (tertiary/aromatic N) is 1. The Kier molecular flexibility index (Phi) is 12.1. The summed E-state index contributed by atoms with van der Waals surface area (Å²) in [6.07, 6.45) is 10.4. The molecule has 214 valence electrons. The molecule has 0 bridgehead atoms. The number of amides is 2. The van der Waals surface area contributed by atoms with Crippen molar-refractivity contribution >= 4 is 24.1 Å². The van der Waals surface area contributed by atoms with Crippen molar-refractivity contribution in [3.05, 3.63) is 58.6 Å². The third-order valence-corrected chi connectivity index (χ3v) is 8.35. The van der Waals surface area contributed by atoms with Crippen molar-refractivity contribution in [2.45, 2.75) is 83.2 Å². The Morgan fingerprint density at radius 1 is 1.15 bits per heavy atom. The number of carbonyl (C=O) groups excluding carboxylic acids is 2. The maximum Gasteiger partial charge on any atom is 0.406 e. The van der Waals surface area contributed by atoms with E-state index in [2.05, 4.69) is 36.0 Å². The minimum atomic E-state index is -1.23. The number of piperidine rings is 1. The lowest BCUT2D eigenvalue weighted by Crippen LogP contribution is -2.46. The lowest BCUT2D eigenvalue weighted by atomic mass is 9.72. The molecule has 2 aliphatic rings. The zero-order valence-corrected chi connectivity index (χ0v) is 24.5. The van der Waals surface area contributed by atoms with Gasteiger partial charge in [-0.05, 0) is 54.4 Å². The van der Waals surface area contributed by atoms with Crippen LogP contribution in [0.4, 0.5) is 4.79 Å². The van der Waals surface area contributed by atoms with E-state index < -0.39 is 11.7 Å². The van der Waals surface area contributed by atoms with Gasteiger partial charge in [-0.1, -0.05) is 94.0 Å². The van der Waals surface area contributed by atoms with Gasteiger partial charge in [0.25, 0.3) is 0 Å². The summed E-state index contributed by atoms with van der Waals surface area (Å²) in [6.45, 7) is 5.83. The van der Waals surface area contributed by atoms with Crippen molar-refractivity contribution in [3.63, 3.8) is 0 Å². The molecular formula is C32H45ClN2O4. The van der Waals surface area contributed by atoms with Crippen LogP contribution in [0.5, 0.6) is 0 Å². The summed E-state index contributed by atoms with van der Waals surface area (Å²) in [5, 5.41) is 15.6. The van der Waals surface area contributed by atoms with Crippen molar-refractivity contribution in [3.8, 4) is 11.1 Å². The van der Waals surface area contributed by atoms with Crippen molar-refractivity contribution < 1.29 is 19.4 Å². The van der Waals surface area contributed by atoms with Crippen LogP contribution in [0.2, 0.25) is 5.02 Å². The van der Waals surface area contributed by atoms with Gasteiger partial charge in [-0.25, -0.2) is 4.79 Å². The number of carbonyl (C=O) groups is 2. The van der Waals surface area contributed by atoms with Gasteiger partial charge in [0.1, 0.15) is 0 Å². The number of halogens is 1. The van der Waals surface area contributed by atoms with Gasteiger partial charge in [0, 0.05) is 36.1 Å². The molecule has 0 aromatic heterocycles. The van der Waals surface area contributed by atoms with Gasteiger partial charge in [0.15, 0.2) is 0 Å². The Balaban J connectivity index is 0.000000753. The number of hydrogen-bond acceptors (Lipinski definition) is 4. The number of ether oxygens (including phenoxy) is 1. The van der Waals surface area contributed by atoms with Gasteiger partial charge in [0.05, 0.1) is 12.7 Å². The van der Waals surface area contributed by atoms with Crippen LogP contribution in [0.15, 0.2) is 42.5 Å². The maximum absolute atomic E-state index is 12.3. The Labute approximate surface area is 239 Å². The first-order valence-electron chi connectivity index (χ1n) is 14.4. The Bertz CT molecular complexity index is 1060. The van der Waals surface area contributed by atoms with Crippen LogP contribution in [0.3, 0.4) is 0 Å². The number of benzene rings is 2. The molecule has 2 N–H and O–H groups in total. The summed E-state index contributed by atoms with van der Waals surface area (Å²) >= 11 is 6.77. The molecule has 39 heavy (non-hydrogen) atoms. The normalized spacial score (nSPS) is 18.6. The zero-order chi connectivity index (χ0) is 28.3. The maximum atomic E-state index is 12.3. The molecule has 0 radical (unpaired) electrons. The summed E-state index contributed by atoms with van der Waals surface area (Å²) in [7, 11) is 1.32. The molecule has 4 rings (SSSR count). The largest absolute Gasteiger partial charge is 0.453 e. The minimum Gasteiger partial charge on any atom is -0.453 e. The molecule has 6 nitrogen and oxygen atoms in total. The molecule has 2 amide bonds. The van der Waals surface area contributed by atoms with Gasteiger partial charge in [-0.2, -0.15) is 0 Å². The number of rotatable bonds is 9. The van der Waals surface area contributed by atoms with E-state index in [9.17, 15) is 14.7 Å². The SMILES string of the molecule is C1CCCC1.COC(=O)NCCCC(O)(c1cccc(Cl)c1-c1cccc(C(C)C)c1)C1CCCN(C=O)C1. The third-order valence-electron chi connectivity index (χ3n) is 8.04. The molecule has 1 saturated carbocycles. The second-order valence-electron chi connectivity index (χ2n) is 11.1. The highest BCUT2D eigenvalue weighted by Gasteiger charge is 2.42. The van der Waals surface area contributed by atoms with Crippen molar-refractivity contribution in [2.75, 3.05) is 26.7 Å². The minimum absolute atomic E-state index is 0.157. The van der Waals surface area contributed by atoms with Crippen molar-refractivity contribution in [1.29, 1.82) is 0 Å². The zero-order valence-electron chi connectivity index (χ0n) is 23.8. The fraction of sp³-hybridized carbons (Fsp3) is 0.562. The number of nitrogens with one attached hydrogen (secondary N) is 1. The first kappa shape index (κ1) is 31.0. The third kappa shape index (κ3) is 8.46. The predicted molar refractivity (Wildman–Crippen MR) is 158 cm³/mol. The molecule has 2 aromatic carbocycles. The van der Waals surface area contributed by atoms with E-state index >= 15 is 0 Å². The van der Waals surface area contributed by atoms with Gasteiger partial charge in [0.2, 0.25) is 6.41 Å². The van der Waals surface area contributed by atoms with Gasteiger partial charge < -0.3 is 20.1 Å². The molecule has 2 fully saturated rings. The summed E-state index contributed by atoms with van der Waals surface area (Å²) in [4.78, 5) is 24.8. The number of methoxy groups -OCH3 is 1. The van der Waals surface area contributed by atoms with E-state index in [-0.39, 0.29) is 5.92 Å². The second-order valence-corrected chi connectivity index (χ2v) is 11.5. The van der Waals surface area contributed by atoms with E-state index in [1.54, 1.807) is 4.90 Å². The fourth-order valence-electron chi connectivity index (χ4n) is 5.79. The molecule has 7 heteroatoms. The lowest BCUT2D eigenvalue weighted by molar-refractivity contribution is -0.123. The van der Waals surface area contributed by atoms with Crippen LogP contribution >= 0.6 is 11.6 Å².